The van der Waals surface area contributed by atoms with Crippen molar-refractivity contribution >= 4 is 40.6 Å². The molecule has 0 aliphatic rings. The molecule has 0 saturated carbocycles. The highest BCUT2D eigenvalue weighted by molar-refractivity contribution is 7.80. The minimum Gasteiger partial charge on any atom is -0.332 e. The van der Waals surface area contributed by atoms with Crippen LogP contribution < -0.4 is 10.6 Å². The van der Waals surface area contributed by atoms with Crippen LogP contribution in [0.4, 0.5) is 29.2 Å². The highest BCUT2D eigenvalue weighted by Gasteiger charge is 2.33. The summed E-state index contributed by atoms with van der Waals surface area (Å²) in [5.74, 6) is -0.370. The third-order valence-electron chi connectivity index (χ3n) is 3.59. The Morgan fingerprint density at radius 2 is 1.89 bits per heavy atom. The molecule has 5 nitrogen and oxygen atoms in total. The molecule has 2 N–H and O–H groups in total. The topological polar surface area (TPSA) is 54.8 Å². The zero-order chi connectivity index (χ0) is 20.3. The Bertz CT molecular complexity index is 1010. The van der Waals surface area contributed by atoms with Crippen LogP contribution in [-0.2, 0) is 12.7 Å². The summed E-state index contributed by atoms with van der Waals surface area (Å²) in [7, 11) is 0. The first kappa shape index (κ1) is 20.0. The van der Waals surface area contributed by atoms with Crippen molar-refractivity contribution in [1.82, 2.24) is 14.8 Å². The van der Waals surface area contributed by atoms with E-state index >= 15 is 0 Å². The predicted molar refractivity (Wildman–Crippen MR) is 102 cm³/mol. The summed E-state index contributed by atoms with van der Waals surface area (Å²) >= 11 is 11.0. The molecule has 0 bridgehead atoms. The molecule has 2 aromatic carbocycles. The van der Waals surface area contributed by atoms with Crippen molar-refractivity contribution in [3.05, 3.63) is 70.8 Å². The van der Waals surface area contributed by atoms with Crippen LogP contribution >= 0.6 is 23.8 Å². The molecule has 0 amide bonds. The predicted octanol–water partition coefficient (Wildman–Crippen LogP) is 4.95. The van der Waals surface area contributed by atoms with Gasteiger partial charge >= 0.3 is 6.18 Å². The molecule has 1 aromatic heterocycles. The van der Waals surface area contributed by atoms with E-state index in [2.05, 4.69) is 20.7 Å². The van der Waals surface area contributed by atoms with Crippen molar-refractivity contribution in [2.24, 2.45) is 0 Å². The van der Waals surface area contributed by atoms with Crippen molar-refractivity contribution in [1.29, 1.82) is 0 Å². The summed E-state index contributed by atoms with van der Waals surface area (Å²) in [5, 5.41) is 9.36. The van der Waals surface area contributed by atoms with E-state index < -0.39 is 17.6 Å². The van der Waals surface area contributed by atoms with Gasteiger partial charge in [0.25, 0.3) is 0 Å². The molecule has 3 rings (SSSR count). The van der Waals surface area contributed by atoms with Crippen LogP contribution in [0, 0.1) is 5.82 Å². The zero-order valence-electron chi connectivity index (χ0n) is 14.0. The molecule has 3 aromatic rings. The summed E-state index contributed by atoms with van der Waals surface area (Å²) in [6.07, 6.45) is -3.14. The van der Waals surface area contributed by atoms with Gasteiger partial charge in [0.05, 0.1) is 17.8 Å². The summed E-state index contributed by atoms with van der Waals surface area (Å²) in [4.78, 5) is 3.99. The van der Waals surface area contributed by atoms with Gasteiger partial charge in [-0.25, -0.2) is 14.1 Å². The van der Waals surface area contributed by atoms with E-state index in [1.165, 1.54) is 47.4 Å². The quantitative estimate of drug-likeness (QED) is 0.454. The molecule has 146 valence electrons. The van der Waals surface area contributed by atoms with E-state index in [0.717, 1.165) is 6.07 Å². The van der Waals surface area contributed by atoms with Crippen LogP contribution in [0.1, 0.15) is 11.1 Å². The van der Waals surface area contributed by atoms with Gasteiger partial charge in [-0.3, -0.25) is 5.32 Å². The van der Waals surface area contributed by atoms with Crippen molar-refractivity contribution < 1.29 is 17.6 Å². The number of hydrogen-bond acceptors (Lipinski definition) is 3. The van der Waals surface area contributed by atoms with Gasteiger partial charge in [0.1, 0.15) is 12.1 Å². The number of nitrogens with zero attached hydrogens (tertiary/aromatic N) is 3. The molecular formula is C17H12ClF4N5S. The maximum atomic E-state index is 13.1. The highest BCUT2D eigenvalue weighted by atomic mass is 35.5. The van der Waals surface area contributed by atoms with Crippen molar-refractivity contribution in [3.63, 3.8) is 0 Å². The van der Waals surface area contributed by atoms with Crippen molar-refractivity contribution in [3.8, 4) is 0 Å². The van der Waals surface area contributed by atoms with Gasteiger partial charge in [-0.1, -0.05) is 29.8 Å². The Hall–Kier alpha value is -2.72. The third-order valence-corrected chi connectivity index (χ3v) is 4.15. The normalized spacial score (nSPS) is 11.3. The Morgan fingerprint density at radius 3 is 2.61 bits per heavy atom. The molecule has 0 radical (unpaired) electrons. The average Bonchev–Trinajstić information content (AvgIpc) is 3.04. The second-order valence-electron chi connectivity index (χ2n) is 5.62. The lowest BCUT2D eigenvalue weighted by Gasteiger charge is -2.14. The number of thiocarbonyl (C=S) groups is 1. The highest BCUT2D eigenvalue weighted by Crippen LogP contribution is 2.34. The number of anilines is 2. The Balaban J connectivity index is 1.66. The number of rotatable bonds is 4. The summed E-state index contributed by atoms with van der Waals surface area (Å²) in [5.41, 5.74) is -0.409. The van der Waals surface area contributed by atoms with Gasteiger partial charge < -0.3 is 5.32 Å². The number of para-hydroxylation sites is 1. The second-order valence-corrected chi connectivity index (χ2v) is 6.44. The number of alkyl halides is 3. The minimum atomic E-state index is -4.52. The van der Waals surface area contributed by atoms with Crippen LogP contribution in [0.2, 0.25) is 5.02 Å². The van der Waals surface area contributed by atoms with Gasteiger partial charge in [0.15, 0.2) is 5.11 Å². The molecule has 0 aliphatic carbocycles. The van der Waals surface area contributed by atoms with Gasteiger partial charge in [-0.15, -0.1) is 5.10 Å². The molecule has 11 heteroatoms. The summed E-state index contributed by atoms with van der Waals surface area (Å²) in [6.45, 7) is 0.227. The maximum absolute atomic E-state index is 13.1. The number of hydrogen-bond donors (Lipinski definition) is 2. The van der Waals surface area contributed by atoms with Gasteiger partial charge in [0.2, 0.25) is 5.95 Å². The van der Waals surface area contributed by atoms with Crippen molar-refractivity contribution in [2.75, 3.05) is 10.6 Å². The Labute approximate surface area is 167 Å². The Morgan fingerprint density at radius 1 is 1.14 bits per heavy atom. The fourth-order valence-corrected chi connectivity index (χ4v) is 2.78. The summed E-state index contributed by atoms with van der Waals surface area (Å²) in [6, 6.07) is 8.93. The van der Waals surface area contributed by atoms with Gasteiger partial charge in [-0.2, -0.15) is 13.2 Å². The first-order valence-corrected chi connectivity index (χ1v) is 8.58. The van der Waals surface area contributed by atoms with Crippen LogP contribution in [0.25, 0.3) is 0 Å². The molecule has 1 heterocycles. The molecule has 0 spiro atoms. The van der Waals surface area contributed by atoms with Crippen molar-refractivity contribution in [2.45, 2.75) is 12.7 Å². The van der Waals surface area contributed by atoms with E-state index in [4.69, 9.17) is 23.8 Å². The van der Waals surface area contributed by atoms with E-state index in [1.54, 1.807) is 0 Å². The maximum Gasteiger partial charge on any atom is 0.418 e. The van der Waals surface area contributed by atoms with Crippen LogP contribution in [-0.4, -0.2) is 19.9 Å². The third kappa shape index (κ3) is 4.96. The van der Waals surface area contributed by atoms with Crippen LogP contribution in [0.15, 0.2) is 48.8 Å². The van der Waals surface area contributed by atoms with E-state index in [-0.39, 0.29) is 28.3 Å². The van der Waals surface area contributed by atoms with E-state index in [0.29, 0.717) is 5.56 Å². The molecule has 0 unspecified atom stereocenters. The van der Waals surface area contributed by atoms with Crippen LogP contribution in [0.3, 0.4) is 0 Å². The molecule has 0 atom stereocenters. The SMILES string of the molecule is Fc1ccc(Cn2cnc(NC(=S)Nc3ccccc3C(F)(F)F)n2)c(Cl)c1. The summed E-state index contributed by atoms with van der Waals surface area (Å²) < 4.78 is 53.6. The number of aromatic nitrogens is 3. The fourth-order valence-electron chi connectivity index (χ4n) is 2.35. The first-order chi connectivity index (χ1) is 13.2. The molecular weight excluding hydrogens is 418 g/mol. The Kier molecular flexibility index (Phi) is 5.80. The molecule has 0 aliphatic heterocycles. The fraction of sp³-hybridized carbons (Fsp3) is 0.118. The molecule has 28 heavy (non-hydrogen) atoms. The number of nitrogens with one attached hydrogen (secondary N) is 2. The lowest BCUT2D eigenvalue weighted by molar-refractivity contribution is -0.136. The molecule has 0 fully saturated rings. The smallest absolute Gasteiger partial charge is 0.332 e. The number of halogens is 5. The monoisotopic (exact) mass is 429 g/mol. The lowest BCUT2D eigenvalue weighted by Crippen LogP contribution is -2.22. The second kappa shape index (κ2) is 8.11. The van der Waals surface area contributed by atoms with Gasteiger partial charge in [-0.05, 0) is 42.0 Å². The molecule has 0 saturated heterocycles. The van der Waals surface area contributed by atoms with Crippen LogP contribution in [0.5, 0.6) is 0 Å². The average molecular weight is 430 g/mol. The lowest BCUT2D eigenvalue weighted by atomic mass is 10.2. The van der Waals surface area contributed by atoms with E-state index in [1.807, 2.05) is 0 Å². The largest absolute Gasteiger partial charge is 0.418 e. The first-order valence-electron chi connectivity index (χ1n) is 7.80. The minimum absolute atomic E-state index is 0.0835. The van der Waals surface area contributed by atoms with Gasteiger partial charge in [0, 0.05) is 5.02 Å². The standard InChI is InChI=1S/C17H12ClF4N5S/c18-13-7-11(19)6-5-10(13)8-27-9-23-15(26-27)25-16(28)24-14-4-2-1-3-12(14)17(20,21)22/h1-7,9H,8H2,(H2,24,25,26,28). The number of benzene rings is 2. The zero-order valence-corrected chi connectivity index (χ0v) is 15.5. The van der Waals surface area contributed by atoms with E-state index in [9.17, 15) is 17.6 Å².